The summed E-state index contributed by atoms with van der Waals surface area (Å²) in [5.41, 5.74) is 11.4. The number of rotatable bonds is 9. The van der Waals surface area contributed by atoms with Crippen LogP contribution in [0.15, 0.2) is 35.3 Å². The topological polar surface area (TPSA) is 132 Å². The third-order valence-corrected chi connectivity index (χ3v) is 3.12. The van der Waals surface area contributed by atoms with Gasteiger partial charge in [-0.15, -0.1) is 0 Å². The molecule has 0 radical (unpaired) electrons. The van der Waals surface area contributed by atoms with Crippen molar-refractivity contribution in [3.05, 3.63) is 35.9 Å². The lowest BCUT2D eigenvalue weighted by Crippen LogP contribution is -2.46. The van der Waals surface area contributed by atoms with Gasteiger partial charge in [0, 0.05) is 13.1 Å². The number of hydrogen-bond acceptors (Lipinski definition) is 4. The smallest absolute Gasteiger partial charge is 0.408 e. The quantitative estimate of drug-likeness (QED) is 0.296. The van der Waals surface area contributed by atoms with E-state index in [0.717, 1.165) is 5.56 Å². The van der Waals surface area contributed by atoms with Gasteiger partial charge in [-0.1, -0.05) is 30.3 Å². The third kappa shape index (κ3) is 8.02. The fourth-order valence-corrected chi connectivity index (χ4v) is 1.98. The molecule has 132 valence electrons. The highest BCUT2D eigenvalue weighted by Crippen LogP contribution is 2.03. The van der Waals surface area contributed by atoms with Gasteiger partial charge in [-0.2, -0.15) is 0 Å². The van der Waals surface area contributed by atoms with E-state index in [4.69, 9.17) is 16.2 Å². The van der Waals surface area contributed by atoms with Gasteiger partial charge in [-0.05, 0) is 25.3 Å². The van der Waals surface area contributed by atoms with E-state index >= 15 is 0 Å². The number of carbonyl (C=O) groups is 2. The molecule has 0 fully saturated rings. The zero-order valence-corrected chi connectivity index (χ0v) is 13.8. The second-order valence-electron chi connectivity index (χ2n) is 5.10. The first kappa shape index (κ1) is 19.3. The number of likely N-dealkylation sites (N-methyl/N-ethyl adjacent to an activating group) is 1. The second kappa shape index (κ2) is 10.9. The van der Waals surface area contributed by atoms with E-state index in [2.05, 4.69) is 15.6 Å². The number of guanidine groups is 1. The average Bonchev–Trinajstić information content (AvgIpc) is 2.56. The Balaban J connectivity index is 2.48. The van der Waals surface area contributed by atoms with E-state index in [1.807, 2.05) is 37.3 Å². The summed E-state index contributed by atoms with van der Waals surface area (Å²) in [6.45, 7) is 2.81. The second-order valence-corrected chi connectivity index (χ2v) is 5.10. The summed E-state index contributed by atoms with van der Waals surface area (Å²) >= 11 is 0. The predicted octanol–water partition coefficient (Wildman–Crippen LogP) is 0.471. The zero-order valence-electron chi connectivity index (χ0n) is 13.8. The summed E-state index contributed by atoms with van der Waals surface area (Å²) in [7, 11) is 0. The van der Waals surface area contributed by atoms with Crippen LogP contribution < -0.4 is 22.1 Å². The van der Waals surface area contributed by atoms with Gasteiger partial charge in [-0.25, -0.2) is 4.79 Å². The van der Waals surface area contributed by atoms with Crippen molar-refractivity contribution in [3.63, 3.8) is 0 Å². The number of ether oxygens (including phenoxy) is 1. The third-order valence-electron chi connectivity index (χ3n) is 3.12. The Morgan fingerprint density at radius 2 is 1.96 bits per heavy atom. The number of nitrogens with zero attached hydrogens (tertiary/aromatic N) is 1. The molecule has 0 bridgehead atoms. The van der Waals surface area contributed by atoms with Crippen molar-refractivity contribution in [2.45, 2.75) is 32.4 Å². The van der Waals surface area contributed by atoms with Crippen LogP contribution in [0.3, 0.4) is 0 Å². The Labute approximate surface area is 141 Å². The van der Waals surface area contributed by atoms with Crippen LogP contribution >= 0.6 is 0 Å². The van der Waals surface area contributed by atoms with Crippen LogP contribution in [0, 0.1) is 0 Å². The van der Waals surface area contributed by atoms with Gasteiger partial charge >= 0.3 is 6.09 Å². The van der Waals surface area contributed by atoms with Gasteiger partial charge in [0.2, 0.25) is 5.91 Å². The minimum atomic E-state index is -0.692. The maximum absolute atomic E-state index is 12.0. The minimum Gasteiger partial charge on any atom is -0.445 e. The van der Waals surface area contributed by atoms with Crippen LogP contribution in [0.2, 0.25) is 0 Å². The molecule has 2 amide bonds. The first-order valence-electron chi connectivity index (χ1n) is 7.83. The number of alkyl carbamates (subject to hydrolysis) is 1. The lowest BCUT2D eigenvalue weighted by atomic mass is 10.1. The van der Waals surface area contributed by atoms with Crippen molar-refractivity contribution in [1.29, 1.82) is 0 Å². The summed E-state index contributed by atoms with van der Waals surface area (Å²) in [5.74, 6) is -0.265. The Morgan fingerprint density at radius 1 is 1.25 bits per heavy atom. The van der Waals surface area contributed by atoms with Gasteiger partial charge < -0.3 is 26.8 Å². The molecule has 1 aromatic rings. The number of nitrogens with two attached hydrogens (primary N) is 2. The van der Waals surface area contributed by atoms with Crippen molar-refractivity contribution < 1.29 is 14.3 Å². The van der Waals surface area contributed by atoms with Crippen molar-refractivity contribution in [1.82, 2.24) is 10.6 Å². The SMILES string of the molecule is CCNC(=O)C(CCCN=C(N)N)NC(=O)OCc1ccccc1. The van der Waals surface area contributed by atoms with Crippen molar-refractivity contribution in [2.24, 2.45) is 16.5 Å². The fraction of sp³-hybridized carbons (Fsp3) is 0.438. The summed E-state index contributed by atoms with van der Waals surface area (Å²) < 4.78 is 5.13. The number of hydrogen-bond donors (Lipinski definition) is 4. The Morgan fingerprint density at radius 3 is 2.58 bits per heavy atom. The molecule has 0 aliphatic heterocycles. The Bertz CT molecular complexity index is 544. The summed E-state index contributed by atoms with van der Waals surface area (Å²) in [6.07, 6.45) is 0.318. The fourth-order valence-electron chi connectivity index (χ4n) is 1.98. The highest BCUT2D eigenvalue weighted by atomic mass is 16.5. The molecule has 0 spiro atoms. The molecule has 0 aliphatic rings. The molecule has 0 aromatic heterocycles. The van der Waals surface area contributed by atoms with E-state index in [0.29, 0.717) is 25.9 Å². The van der Waals surface area contributed by atoms with Gasteiger partial charge in [0.1, 0.15) is 12.6 Å². The maximum Gasteiger partial charge on any atom is 0.408 e. The van der Waals surface area contributed by atoms with E-state index in [9.17, 15) is 9.59 Å². The monoisotopic (exact) mass is 335 g/mol. The van der Waals surface area contributed by atoms with E-state index in [1.165, 1.54) is 0 Å². The molecule has 6 N–H and O–H groups in total. The zero-order chi connectivity index (χ0) is 17.8. The number of carbonyl (C=O) groups excluding carboxylic acids is 2. The van der Waals surface area contributed by atoms with Crippen LogP contribution in [-0.4, -0.2) is 37.1 Å². The molecule has 0 heterocycles. The summed E-state index contributed by atoms with van der Waals surface area (Å²) in [4.78, 5) is 27.8. The highest BCUT2D eigenvalue weighted by molar-refractivity contribution is 5.85. The van der Waals surface area contributed by atoms with Crippen LogP contribution in [0.5, 0.6) is 0 Å². The van der Waals surface area contributed by atoms with E-state index < -0.39 is 12.1 Å². The average molecular weight is 335 g/mol. The molecule has 0 saturated heterocycles. The molecule has 1 unspecified atom stereocenters. The van der Waals surface area contributed by atoms with Crippen LogP contribution in [0.25, 0.3) is 0 Å². The van der Waals surface area contributed by atoms with Crippen molar-refractivity contribution >= 4 is 18.0 Å². The predicted molar refractivity (Wildman–Crippen MR) is 92.1 cm³/mol. The molecule has 1 rings (SSSR count). The largest absolute Gasteiger partial charge is 0.445 e. The van der Waals surface area contributed by atoms with Crippen molar-refractivity contribution in [2.75, 3.05) is 13.1 Å². The lowest BCUT2D eigenvalue weighted by molar-refractivity contribution is -0.123. The summed E-state index contributed by atoms with van der Waals surface area (Å²) in [5, 5.41) is 5.26. The molecule has 8 nitrogen and oxygen atoms in total. The van der Waals surface area contributed by atoms with Gasteiger partial charge in [0.05, 0.1) is 0 Å². The molecule has 24 heavy (non-hydrogen) atoms. The Hall–Kier alpha value is -2.77. The minimum absolute atomic E-state index is 0.000195. The molecule has 0 aliphatic carbocycles. The number of nitrogens with one attached hydrogen (secondary N) is 2. The van der Waals surface area contributed by atoms with E-state index in [-0.39, 0.29) is 18.5 Å². The molecule has 0 saturated carbocycles. The standard InChI is InChI=1S/C16H25N5O3/c1-2-19-14(22)13(9-6-10-20-15(17)18)21-16(23)24-11-12-7-4-3-5-8-12/h3-5,7-8,13H,2,6,9-11H2,1H3,(H,19,22)(H,21,23)(H4,17,18,20). The van der Waals surface area contributed by atoms with Crippen LogP contribution in [-0.2, 0) is 16.1 Å². The van der Waals surface area contributed by atoms with Gasteiger partial charge in [0.15, 0.2) is 5.96 Å². The maximum atomic E-state index is 12.0. The molecular weight excluding hydrogens is 310 g/mol. The molecule has 8 heteroatoms. The highest BCUT2D eigenvalue weighted by Gasteiger charge is 2.20. The molecule has 1 atom stereocenters. The first-order valence-corrected chi connectivity index (χ1v) is 7.83. The van der Waals surface area contributed by atoms with Crippen LogP contribution in [0.4, 0.5) is 4.79 Å². The van der Waals surface area contributed by atoms with Crippen molar-refractivity contribution in [3.8, 4) is 0 Å². The molecular formula is C16H25N5O3. The number of aliphatic imine (C=N–C) groups is 1. The Kier molecular flexibility index (Phi) is 8.73. The number of benzene rings is 1. The van der Waals surface area contributed by atoms with Gasteiger partial charge in [0.25, 0.3) is 0 Å². The summed E-state index contributed by atoms with van der Waals surface area (Å²) in [6, 6.07) is 8.61. The first-order chi connectivity index (χ1) is 11.5. The van der Waals surface area contributed by atoms with Gasteiger partial charge in [-0.3, -0.25) is 9.79 Å². The van der Waals surface area contributed by atoms with Crippen LogP contribution in [0.1, 0.15) is 25.3 Å². The number of amides is 2. The van der Waals surface area contributed by atoms with E-state index in [1.54, 1.807) is 0 Å². The normalized spacial score (nSPS) is 11.2. The lowest BCUT2D eigenvalue weighted by Gasteiger charge is -2.17. The molecule has 1 aromatic carbocycles.